The molecule has 2 aliphatic heterocycles. The number of nitrogens with zero attached hydrogens (tertiary/aromatic N) is 1. The molecule has 2 saturated heterocycles. The SMILES string of the molecule is Cl.O[C@H]1[C@H]2[C@H](O)CCCN2C[C@@H]1O. The summed E-state index contributed by atoms with van der Waals surface area (Å²) >= 11 is 0. The molecular formula is C8H16ClNO3. The van der Waals surface area contributed by atoms with Gasteiger partial charge < -0.3 is 15.3 Å². The maximum Gasteiger partial charge on any atom is 0.0991 e. The smallest absolute Gasteiger partial charge is 0.0991 e. The van der Waals surface area contributed by atoms with Crippen molar-refractivity contribution in [3.8, 4) is 0 Å². The maximum absolute atomic E-state index is 9.55. The van der Waals surface area contributed by atoms with Crippen LogP contribution in [0.1, 0.15) is 12.8 Å². The molecule has 78 valence electrons. The van der Waals surface area contributed by atoms with Crippen LogP contribution in [0.15, 0.2) is 0 Å². The van der Waals surface area contributed by atoms with E-state index in [-0.39, 0.29) is 18.4 Å². The van der Waals surface area contributed by atoms with E-state index in [4.69, 9.17) is 0 Å². The Labute approximate surface area is 83.6 Å². The second-order valence-corrected chi connectivity index (χ2v) is 3.75. The van der Waals surface area contributed by atoms with E-state index in [0.717, 1.165) is 19.4 Å². The standard InChI is InChI=1S/C8H15NO3.ClH/c10-5-2-1-3-9-4-6(11)8(12)7(5)9;/h5-8,10-12H,1-4H2;1H/t5-,6+,7-,8-;/m1./s1. The van der Waals surface area contributed by atoms with Crippen LogP contribution in [0.25, 0.3) is 0 Å². The molecule has 0 radical (unpaired) electrons. The maximum atomic E-state index is 9.55. The van der Waals surface area contributed by atoms with Crippen molar-refractivity contribution in [2.75, 3.05) is 13.1 Å². The molecular weight excluding hydrogens is 194 g/mol. The van der Waals surface area contributed by atoms with Crippen molar-refractivity contribution >= 4 is 12.4 Å². The third-order valence-corrected chi connectivity index (χ3v) is 2.93. The zero-order valence-electron chi connectivity index (χ0n) is 7.33. The molecule has 0 aromatic rings. The quantitative estimate of drug-likeness (QED) is 0.478. The van der Waals surface area contributed by atoms with Gasteiger partial charge in [-0.05, 0) is 19.4 Å². The van der Waals surface area contributed by atoms with Gasteiger partial charge in [0.25, 0.3) is 0 Å². The monoisotopic (exact) mass is 209 g/mol. The number of aliphatic hydroxyl groups excluding tert-OH is 3. The van der Waals surface area contributed by atoms with Gasteiger partial charge in [-0.1, -0.05) is 0 Å². The summed E-state index contributed by atoms with van der Waals surface area (Å²) in [5.74, 6) is 0. The lowest BCUT2D eigenvalue weighted by Crippen LogP contribution is -2.48. The van der Waals surface area contributed by atoms with E-state index >= 15 is 0 Å². The normalized spacial score (nSPS) is 45.5. The minimum absolute atomic E-state index is 0. The summed E-state index contributed by atoms with van der Waals surface area (Å²) in [5, 5.41) is 28.4. The molecule has 2 fully saturated rings. The van der Waals surface area contributed by atoms with E-state index in [1.165, 1.54) is 0 Å². The molecule has 4 atom stereocenters. The van der Waals surface area contributed by atoms with Gasteiger partial charge in [0.15, 0.2) is 0 Å². The highest BCUT2D eigenvalue weighted by atomic mass is 35.5. The Hall–Kier alpha value is 0.130. The lowest BCUT2D eigenvalue weighted by molar-refractivity contribution is -0.0282. The van der Waals surface area contributed by atoms with Crippen molar-refractivity contribution in [1.29, 1.82) is 0 Å². The molecule has 13 heavy (non-hydrogen) atoms. The van der Waals surface area contributed by atoms with Crippen LogP contribution in [-0.4, -0.2) is 57.7 Å². The number of halogens is 1. The first kappa shape index (κ1) is 11.2. The molecule has 0 amide bonds. The average molecular weight is 210 g/mol. The summed E-state index contributed by atoms with van der Waals surface area (Å²) < 4.78 is 0. The van der Waals surface area contributed by atoms with Gasteiger partial charge in [-0.3, -0.25) is 4.90 Å². The molecule has 0 spiro atoms. The topological polar surface area (TPSA) is 63.9 Å². The predicted octanol–water partition coefficient (Wildman–Crippen LogP) is -1.03. The van der Waals surface area contributed by atoms with Crippen LogP contribution in [0.3, 0.4) is 0 Å². The van der Waals surface area contributed by atoms with Gasteiger partial charge in [0, 0.05) is 6.54 Å². The van der Waals surface area contributed by atoms with Gasteiger partial charge in [0.1, 0.15) is 0 Å². The number of aliphatic hydroxyl groups is 3. The Morgan fingerprint density at radius 3 is 2.38 bits per heavy atom. The summed E-state index contributed by atoms with van der Waals surface area (Å²) in [6.07, 6.45) is -0.212. The van der Waals surface area contributed by atoms with Gasteiger partial charge >= 0.3 is 0 Å². The third-order valence-electron chi connectivity index (χ3n) is 2.93. The fourth-order valence-corrected chi connectivity index (χ4v) is 2.30. The Bertz CT molecular complexity index is 181. The van der Waals surface area contributed by atoms with Crippen LogP contribution in [0.4, 0.5) is 0 Å². The van der Waals surface area contributed by atoms with Crippen LogP contribution < -0.4 is 0 Å². The first-order valence-electron chi connectivity index (χ1n) is 4.48. The van der Waals surface area contributed by atoms with Crippen LogP contribution >= 0.6 is 12.4 Å². The van der Waals surface area contributed by atoms with Gasteiger partial charge in [-0.2, -0.15) is 0 Å². The van der Waals surface area contributed by atoms with Crippen molar-refractivity contribution in [3.05, 3.63) is 0 Å². The largest absolute Gasteiger partial charge is 0.391 e. The van der Waals surface area contributed by atoms with Gasteiger partial charge in [0.2, 0.25) is 0 Å². The molecule has 4 nitrogen and oxygen atoms in total. The molecule has 0 aliphatic carbocycles. The summed E-state index contributed by atoms with van der Waals surface area (Å²) in [6, 6.07) is -0.228. The fraction of sp³-hybridized carbons (Fsp3) is 1.00. The number of hydrogen-bond acceptors (Lipinski definition) is 4. The van der Waals surface area contributed by atoms with Crippen molar-refractivity contribution < 1.29 is 15.3 Å². The Morgan fingerprint density at radius 1 is 1.08 bits per heavy atom. The summed E-state index contributed by atoms with van der Waals surface area (Å²) in [5.41, 5.74) is 0. The summed E-state index contributed by atoms with van der Waals surface area (Å²) in [7, 11) is 0. The molecule has 2 heterocycles. The highest BCUT2D eigenvalue weighted by Gasteiger charge is 2.45. The van der Waals surface area contributed by atoms with Crippen LogP contribution in [0.2, 0.25) is 0 Å². The van der Waals surface area contributed by atoms with E-state index in [0.29, 0.717) is 6.54 Å². The average Bonchev–Trinajstić information content (AvgIpc) is 2.29. The van der Waals surface area contributed by atoms with Gasteiger partial charge in [-0.25, -0.2) is 0 Å². The van der Waals surface area contributed by atoms with Crippen LogP contribution in [0, 0.1) is 0 Å². The molecule has 0 aromatic heterocycles. The zero-order valence-corrected chi connectivity index (χ0v) is 8.15. The first-order valence-corrected chi connectivity index (χ1v) is 4.48. The van der Waals surface area contributed by atoms with E-state index in [1.54, 1.807) is 0 Å². The van der Waals surface area contributed by atoms with Crippen molar-refractivity contribution in [2.24, 2.45) is 0 Å². The van der Waals surface area contributed by atoms with Gasteiger partial charge in [-0.15, -0.1) is 12.4 Å². The molecule has 0 bridgehead atoms. The van der Waals surface area contributed by atoms with Gasteiger partial charge in [0.05, 0.1) is 24.4 Å². The Morgan fingerprint density at radius 2 is 1.77 bits per heavy atom. The Kier molecular flexibility index (Phi) is 3.54. The summed E-state index contributed by atoms with van der Waals surface area (Å²) in [4.78, 5) is 1.98. The molecule has 2 rings (SSSR count). The highest BCUT2D eigenvalue weighted by Crippen LogP contribution is 2.27. The highest BCUT2D eigenvalue weighted by molar-refractivity contribution is 5.85. The second kappa shape index (κ2) is 4.11. The van der Waals surface area contributed by atoms with Crippen LogP contribution in [0.5, 0.6) is 0 Å². The second-order valence-electron chi connectivity index (χ2n) is 3.75. The van der Waals surface area contributed by atoms with Crippen molar-refractivity contribution in [1.82, 2.24) is 4.90 Å². The van der Waals surface area contributed by atoms with Crippen molar-refractivity contribution in [2.45, 2.75) is 37.2 Å². The predicted molar refractivity (Wildman–Crippen MR) is 49.9 cm³/mol. The lowest BCUT2D eigenvalue weighted by Gasteiger charge is -2.34. The fourth-order valence-electron chi connectivity index (χ4n) is 2.30. The molecule has 0 aromatic carbocycles. The lowest BCUT2D eigenvalue weighted by atomic mass is 9.97. The molecule has 0 unspecified atom stereocenters. The summed E-state index contributed by atoms with van der Waals surface area (Å²) in [6.45, 7) is 1.39. The Balaban J connectivity index is 0.000000845. The first-order chi connectivity index (χ1) is 5.70. The minimum atomic E-state index is -0.764. The number of hydrogen-bond donors (Lipinski definition) is 3. The minimum Gasteiger partial charge on any atom is -0.391 e. The molecule has 2 aliphatic rings. The molecule has 5 heteroatoms. The molecule has 0 saturated carbocycles. The third kappa shape index (κ3) is 1.82. The van der Waals surface area contributed by atoms with E-state index < -0.39 is 18.3 Å². The molecule has 3 N–H and O–H groups in total. The number of rotatable bonds is 0. The van der Waals surface area contributed by atoms with E-state index in [2.05, 4.69) is 0 Å². The zero-order chi connectivity index (χ0) is 8.72. The van der Waals surface area contributed by atoms with Crippen LogP contribution in [-0.2, 0) is 0 Å². The number of piperidine rings is 1. The number of fused-ring (bicyclic) bond motifs is 1. The van der Waals surface area contributed by atoms with E-state index in [1.807, 2.05) is 4.90 Å². The van der Waals surface area contributed by atoms with Crippen molar-refractivity contribution in [3.63, 3.8) is 0 Å². The van der Waals surface area contributed by atoms with E-state index in [9.17, 15) is 15.3 Å².